The van der Waals surface area contributed by atoms with Crippen molar-refractivity contribution >= 4 is 11.9 Å². The van der Waals surface area contributed by atoms with E-state index in [0.717, 1.165) is 12.8 Å². The fraction of sp³-hybridized carbons (Fsp3) is 0.467. The van der Waals surface area contributed by atoms with Gasteiger partial charge in [-0.1, -0.05) is 13.0 Å². The highest BCUT2D eigenvalue weighted by Gasteiger charge is 2.36. The number of carbonyl (C=O) groups is 2. The van der Waals surface area contributed by atoms with Gasteiger partial charge in [-0.25, -0.2) is 4.39 Å². The molecule has 0 heterocycles. The number of methoxy groups -OCH3 is 1. The summed E-state index contributed by atoms with van der Waals surface area (Å²) in [5, 5.41) is 8.99. The number of ether oxygens (including phenoxy) is 1. The van der Waals surface area contributed by atoms with E-state index < -0.39 is 23.6 Å². The van der Waals surface area contributed by atoms with E-state index in [4.69, 9.17) is 9.84 Å². The molecule has 1 amide bonds. The molecule has 5 nitrogen and oxygen atoms in total. The Kier molecular flexibility index (Phi) is 4.45. The summed E-state index contributed by atoms with van der Waals surface area (Å²) in [6.45, 7) is 1.61. The van der Waals surface area contributed by atoms with E-state index in [9.17, 15) is 14.0 Å². The number of rotatable bonds is 6. The van der Waals surface area contributed by atoms with Crippen LogP contribution in [-0.2, 0) is 4.79 Å². The van der Waals surface area contributed by atoms with Crippen molar-refractivity contribution < 1.29 is 23.8 Å². The molecular formula is C15H18FNO4. The fourth-order valence-electron chi connectivity index (χ4n) is 2.15. The van der Waals surface area contributed by atoms with Crippen LogP contribution in [0.25, 0.3) is 0 Å². The molecule has 0 spiro atoms. The lowest BCUT2D eigenvalue weighted by molar-refractivity contribution is -0.141. The molecule has 1 N–H and O–H groups in total. The Hall–Kier alpha value is -2.11. The third-order valence-electron chi connectivity index (χ3n) is 3.55. The molecule has 1 atom stereocenters. The highest BCUT2D eigenvalue weighted by Crippen LogP contribution is 2.30. The van der Waals surface area contributed by atoms with Gasteiger partial charge < -0.3 is 14.7 Å². The molecule has 1 aliphatic rings. The smallest absolute Gasteiger partial charge is 0.308 e. The van der Waals surface area contributed by atoms with Crippen molar-refractivity contribution in [3.8, 4) is 5.75 Å². The molecule has 2 rings (SSSR count). The van der Waals surface area contributed by atoms with Gasteiger partial charge in [-0.3, -0.25) is 9.59 Å². The second-order valence-corrected chi connectivity index (χ2v) is 5.25. The first-order valence-corrected chi connectivity index (χ1v) is 6.82. The van der Waals surface area contributed by atoms with Gasteiger partial charge in [-0.2, -0.15) is 0 Å². The largest absolute Gasteiger partial charge is 0.494 e. The van der Waals surface area contributed by atoms with E-state index in [2.05, 4.69) is 0 Å². The Morgan fingerprint density at radius 3 is 2.67 bits per heavy atom. The van der Waals surface area contributed by atoms with Crippen LogP contribution in [0, 0.1) is 11.7 Å². The predicted octanol–water partition coefficient (Wildman–Crippen LogP) is 2.16. The first kappa shape index (κ1) is 15.3. The molecule has 0 bridgehead atoms. The monoisotopic (exact) mass is 295 g/mol. The first-order valence-electron chi connectivity index (χ1n) is 6.82. The van der Waals surface area contributed by atoms with Crippen molar-refractivity contribution in [1.29, 1.82) is 0 Å². The molecule has 0 unspecified atom stereocenters. The molecule has 0 radical (unpaired) electrons. The number of nitrogens with zero attached hydrogens (tertiary/aromatic N) is 1. The van der Waals surface area contributed by atoms with Crippen LogP contribution in [0.4, 0.5) is 4.39 Å². The van der Waals surface area contributed by atoms with Crippen LogP contribution in [0.3, 0.4) is 0 Å². The van der Waals surface area contributed by atoms with Gasteiger partial charge in [-0.05, 0) is 25.0 Å². The summed E-state index contributed by atoms with van der Waals surface area (Å²) in [6, 6.07) is 4.37. The number of hydrogen-bond donors (Lipinski definition) is 1. The topological polar surface area (TPSA) is 66.8 Å². The van der Waals surface area contributed by atoms with Crippen LogP contribution < -0.4 is 4.74 Å². The molecule has 1 aromatic rings. The van der Waals surface area contributed by atoms with Gasteiger partial charge in [-0.15, -0.1) is 0 Å². The first-order chi connectivity index (χ1) is 9.95. The summed E-state index contributed by atoms with van der Waals surface area (Å²) in [7, 11) is 1.33. The molecule has 0 saturated heterocycles. The lowest BCUT2D eigenvalue weighted by Gasteiger charge is -2.24. The van der Waals surface area contributed by atoms with Crippen molar-refractivity contribution in [2.24, 2.45) is 5.92 Å². The van der Waals surface area contributed by atoms with Gasteiger partial charge >= 0.3 is 5.97 Å². The molecule has 1 aliphatic carbocycles. The van der Waals surface area contributed by atoms with Crippen molar-refractivity contribution in [2.75, 3.05) is 13.7 Å². The average molecular weight is 295 g/mol. The number of aliphatic carboxylic acids is 1. The number of carboxylic acid groups (broad SMARTS) is 1. The predicted molar refractivity (Wildman–Crippen MR) is 73.8 cm³/mol. The van der Waals surface area contributed by atoms with Gasteiger partial charge in [0.15, 0.2) is 11.6 Å². The summed E-state index contributed by atoms with van der Waals surface area (Å²) < 4.78 is 19.0. The Balaban J connectivity index is 2.25. The Morgan fingerprint density at radius 2 is 2.14 bits per heavy atom. The van der Waals surface area contributed by atoms with E-state index in [0.29, 0.717) is 0 Å². The third-order valence-corrected chi connectivity index (χ3v) is 3.55. The summed E-state index contributed by atoms with van der Waals surface area (Å²) in [5.74, 6) is -2.86. The summed E-state index contributed by atoms with van der Waals surface area (Å²) >= 11 is 0. The zero-order valence-electron chi connectivity index (χ0n) is 12.0. The molecule has 114 valence electrons. The van der Waals surface area contributed by atoms with E-state index in [1.807, 2.05) is 0 Å². The van der Waals surface area contributed by atoms with E-state index in [1.165, 1.54) is 31.1 Å². The van der Waals surface area contributed by atoms with Crippen LogP contribution in [0.1, 0.15) is 30.1 Å². The van der Waals surface area contributed by atoms with E-state index in [-0.39, 0.29) is 23.9 Å². The molecule has 1 aromatic carbocycles. The molecule has 1 saturated carbocycles. The quantitative estimate of drug-likeness (QED) is 0.873. The SMILES string of the molecule is COc1cccc(C(=O)N(C[C@@H](C)C(=O)O)C2CC2)c1F. The lowest BCUT2D eigenvalue weighted by Crippen LogP contribution is -2.39. The molecule has 6 heteroatoms. The zero-order chi connectivity index (χ0) is 15.6. The number of hydrogen-bond acceptors (Lipinski definition) is 3. The van der Waals surface area contributed by atoms with E-state index in [1.54, 1.807) is 6.07 Å². The summed E-state index contributed by atoms with van der Waals surface area (Å²) in [6.07, 6.45) is 1.65. The zero-order valence-corrected chi connectivity index (χ0v) is 12.0. The number of amides is 1. The number of carbonyl (C=O) groups excluding carboxylic acids is 1. The molecular weight excluding hydrogens is 277 g/mol. The van der Waals surface area contributed by atoms with E-state index >= 15 is 0 Å². The molecule has 0 aliphatic heterocycles. The molecule has 0 aromatic heterocycles. The summed E-state index contributed by atoms with van der Waals surface area (Å²) in [5.41, 5.74) is -0.0844. The second kappa shape index (κ2) is 6.11. The average Bonchev–Trinajstić information content (AvgIpc) is 3.28. The Labute approximate surface area is 122 Å². The van der Waals surface area contributed by atoms with Crippen molar-refractivity contribution in [3.63, 3.8) is 0 Å². The van der Waals surface area contributed by atoms with Crippen LogP contribution >= 0.6 is 0 Å². The van der Waals surface area contributed by atoms with Gasteiger partial charge in [0.2, 0.25) is 0 Å². The van der Waals surface area contributed by atoms with Crippen LogP contribution in [0.2, 0.25) is 0 Å². The van der Waals surface area contributed by atoms with Gasteiger partial charge in [0, 0.05) is 12.6 Å². The maximum absolute atomic E-state index is 14.2. The Morgan fingerprint density at radius 1 is 1.48 bits per heavy atom. The van der Waals surface area contributed by atoms with Crippen molar-refractivity contribution in [1.82, 2.24) is 4.90 Å². The minimum Gasteiger partial charge on any atom is -0.494 e. The second-order valence-electron chi connectivity index (χ2n) is 5.25. The number of carboxylic acids is 1. The molecule has 21 heavy (non-hydrogen) atoms. The van der Waals surface area contributed by atoms with Crippen molar-refractivity contribution in [2.45, 2.75) is 25.8 Å². The van der Waals surface area contributed by atoms with Crippen LogP contribution in [0.15, 0.2) is 18.2 Å². The number of benzene rings is 1. The lowest BCUT2D eigenvalue weighted by atomic mass is 10.1. The minimum atomic E-state index is -0.973. The van der Waals surface area contributed by atoms with Gasteiger partial charge in [0.1, 0.15) is 0 Å². The standard InChI is InChI=1S/C15H18FNO4/c1-9(15(19)20)8-17(10-6-7-10)14(18)11-4-3-5-12(21-2)13(11)16/h3-5,9-10H,6-8H2,1-2H3,(H,19,20)/t9-/m1/s1. The normalized spacial score (nSPS) is 15.4. The maximum Gasteiger partial charge on any atom is 0.308 e. The highest BCUT2D eigenvalue weighted by molar-refractivity contribution is 5.95. The highest BCUT2D eigenvalue weighted by atomic mass is 19.1. The Bertz CT molecular complexity index is 557. The number of halogens is 1. The fourth-order valence-corrected chi connectivity index (χ4v) is 2.15. The maximum atomic E-state index is 14.2. The summed E-state index contributed by atoms with van der Waals surface area (Å²) in [4.78, 5) is 24.9. The van der Waals surface area contributed by atoms with Gasteiger partial charge in [0.05, 0.1) is 18.6 Å². The minimum absolute atomic E-state index is 0.00267. The third kappa shape index (κ3) is 3.32. The van der Waals surface area contributed by atoms with Crippen molar-refractivity contribution in [3.05, 3.63) is 29.6 Å². The van der Waals surface area contributed by atoms with Crippen LogP contribution in [-0.4, -0.2) is 41.6 Å². The van der Waals surface area contributed by atoms with Crippen LogP contribution in [0.5, 0.6) is 5.75 Å². The van der Waals surface area contributed by atoms with Gasteiger partial charge in [0.25, 0.3) is 5.91 Å². The molecule has 1 fully saturated rings.